The van der Waals surface area contributed by atoms with E-state index in [2.05, 4.69) is 31.9 Å². The van der Waals surface area contributed by atoms with E-state index in [1.165, 1.54) is 11.0 Å². The van der Waals surface area contributed by atoms with Gasteiger partial charge in [-0.3, -0.25) is 14.5 Å². The monoisotopic (exact) mass is 598 g/mol. The van der Waals surface area contributed by atoms with Crippen molar-refractivity contribution in [3.8, 4) is 0 Å². The fraction of sp³-hybridized carbons (Fsp3) is 0.0769. The second-order valence-electron chi connectivity index (χ2n) is 7.86. The standard InChI is InChI=1S/C26H17Br2FN2O2S/c27-19-7-5-16(6-8-19)13-31-25(32)24(34-26(31)33)11-18-15-30(14-17-3-1-2-4-22(17)29)23-10-9-20(28)12-21(18)23/h1-12,15H,13-14H2/b24-11-. The molecule has 4 nitrogen and oxygen atoms in total. The highest BCUT2D eigenvalue weighted by Gasteiger charge is 2.35. The Kier molecular flexibility index (Phi) is 6.46. The van der Waals surface area contributed by atoms with E-state index < -0.39 is 0 Å². The Labute approximate surface area is 216 Å². The Balaban J connectivity index is 1.49. The third-order valence-electron chi connectivity index (χ3n) is 5.59. The number of halogens is 3. The van der Waals surface area contributed by atoms with Gasteiger partial charge in [0.25, 0.3) is 11.1 Å². The zero-order valence-electron chi connectivity index (χ0n) is 17.7. The molecule has 2 amide bonds. The second-order valence-corrected chi connectivity index (χ2v) is 10.7. The van der Waals surface area contributed by atoms with Gasteiger partial charge in [0, 0.05) is 37.2 Å². The van der Waals surface area contributed by atoms with Crippen LogP contribution in [0.4, 0.5) is 9.18 Å². The van der Waals surface area contributed by atoms with E-state index in [0.29, 0.717) is 17.0 Å². The number of hydrogen-bond donors (Lipinski definition) is 0. The molecule has 0 radical (unpaired) electrons. The number of hydrogen-bond acceptors (Lipinski definition) is 3. The molecule has 1 fully saturated rings. The third kappa shape index (κ3) is 4.62. The molecule has 0 saturated carbocycles. The van der Waals surface area contributed by atoms with Crippen molar-refractivity contribution in [1.82, 2.24) is 9.47 Å². The van der Waals surface area contributed by atoms with E-state index in [-0.39, 0.29) is 23.5 Å². The van der Waals surface area contributed by atoms with Gasteiger partial charge in [0.1, 0.15) is 5.82 Å². The second kappa shape index (κ2) is 9.52. The molecular formula is C26H17Br2FN2O2S. The van der Waals surface area contributed by atoms with Gasteiger partial charge in [0.05, 0.1) is 18.0 Å². The number of fused-ring (bicyclic) bond motifs is 1. The minimum absolute atomic E-state index is 0.218. The van der Waals surface area contributed by atoms with Gasteiger partial charge in [0.15, 0.2) is 0 Å². The van der Waals surface area contributed by atoms with Crippen LogP contribution < -0.4 is 0 Å². The van der Waals surface area contributed by atoms with Gasteiger partial charge in [0.2, 0.25) is 0 Å². The third-order valence-corrected chi connectivity index (χ3v) is 7.52. The molecule has 3 aromatic carbocycles. The molecule has 170 valence electrons. The molecule has 0 N–H and O–H groups in total. The van der Waals surface area contributed by atoms with Crippen molar-refractivity contribution < 1.29 is 14.0 Å². The molecule has 34 heavy (non-hydrogen) atoms. The summed E-state index contributed by atoms with van der Waals surface area (Å²) in [5.74, 6) is -0.583. The van der Waals surface area contributed by atoms with Crippen molar-refractivity contribution in [3.05, 3.63) is 109 Å². The van der Waals surface area contributed by atoms with Crippen LogP contribution in [-0.4, -0.2) is 20.6 Å². The molecule has 0 unspecified atom stereocenters. The van der Waals surface area contributed by atoms with Crippen molar-refractivity contribution in [2.24, 2.45) is 0 Å². The number of nitrogens with zero attached hydrogens (tertiary/aromatic N) is 2. The van der Waals surface area contributed by atoms with Crippen LogP contribution in [0.5, 0.6) is 0 Å². The van der Waals surface area contributed by atoms with Gasteiger partial charge >= 0.3 is 0 Å². The molecule has 0 spiro atoms. The molecule has 0 bridgehead atoms. The van der Waals surface area contributed by atoms with Gasteiger partial charge < -0.3 is 4.57 Å². The average molecular weight is 600 g/mol. The molecular weight excluding hydrogens is 583 g/mol. The first-order chi connectivity index (χ1) is 16.4. The van der Waals surface area contributed by atoms with E-state index in [4.69, 9.17) is 0 Å². The van der Waals surface area contributed by atoms with Crippen molar-refractivity contribution in [2.75, 3.05) is 0 Å². The molecule has 1 saturated heterocycles. The number of carbonyl (C=O) groups excluding carboxylic acids is 2. The van der Waals surface area contributed by atoms with Gasteiger partial charge in [-0.25, -0.2) is 4.39 Å². The fourth-order valence-corrected chi connectivity index (χ4v) is 5.36. The molecule has 5 rings (SSSR count). The number of amides is 2. The molecule has 0 atom stereocenters. The van der Waals surface area contributed by atoms with Crippen molar-refractivity contribution in [3.63, 3.8) is 0 Å². The maximum absolute atomic E-state index is 14.3. The van der Waals surface area contributed by atoms with Crippen LogP contribution in [0.15, 0.2) is 86.8 Å². The first kappa shape index (κ1) is 23.1. The van der Waals surface area contributed by atoms with E-state index in [1.54, 1.807) is 18.2 Å². The minimum Gasteiger partial charge on any atom is -0.342 e. The van der Waals surface area contributed by atoms with Crippen LogP contribution >= 0.6 is 43.6 Å². The molecule has 2 heterocycles. The molecule has 4 aromatic rings. The predicted octanol–water partition coefficient (Wildman–Crippen LogP) is 7.59. The Morgan fingerprint density at radius 2 is 1.65 bits per heavy atom. The lowest BCUT2D eigenvalue weighted by Gasteiger charge is -2.12. The van der Waals surface area contributed by atoms with E-state index >= 15 is 0 Å². The summed E-state index contributed by atoms with van der Waals surface area (Å²) in [7, 11) is 0. The van der Waals surface area contributed by atoms with Gasteiger partial charge in [-0.05, 0) is 59.8 Å². The normalized spacial score (nSPS) is 15.1. The molecule has 1 aliphatic rings. The van der Waals surface area contributed by atoms with Crippen LogP contribution in [0, 0.1) is 5.82 Å². The zero-order chi connectivity index (χ0) is 23.8. The van der Waals surface area contributed by atoms with E-state index in [1.807, 2.05) is 59.3 Å². The molecule has 1 aliphatic heterocycles. The highest BCUT2D eigenvalue weighted by molar-refractivity contribution is 9.10. The zero-order valence-corrected chi connectivity index (χ0v) is 21.7. The van der Waals surface area contributed by atoms with Crippen molar-refractivity contribution in [2.45, 2.75) is 13.1 Å². The first-order valence-corrected chi connectivity index (χ1v) is 12.8. The molecule has 0 aliphatic carbocycles. The summed E-state index contributed by atoms with van der Waals surface area (Å²) in [6.07, 6.45) is 3.64. The van der Waals surface area contributed by atoms with Gasteiger partial charge in [-0.1, -0.05) is 62.2 Å². The summed E-state index contributed by atoms with van der Waals surface area (Å²) in [6, 6.07) is 20.0. The summed E-state index contributed by atoms with van der Waals surface area (Å²) in [6.45, 7) is 0.569. The lowest BCUT2D eigenvalue weighted by atomic mass is 10.1. The summed E-state index contributed by atoms with van der Waals surface area (Å²) in [5, 5.41) is 0.612. The minimum atomic E-state index is -0.317. The highest BCUT2D eigenvalue weighted by atomic mass is 79.9. The summed E-state index contributed by atoms with van der Waals surface area (Å²) < 4.78 is 18.1. The van der Waals surface area contributed by atoms with Crippen LogP contribution in [-0.2, 0) is 17.9 Å². The Morgan fingerprint density at radius 3 is 2.41 bits per heavy atom. The summed E-state index contributed by atoms with van der Waals surface area (Å²) >= 11 is 7.84. The van der Waals surface area contributed by atoms with E-state index in [9.17, 15) is 14.0 Å². The number of benzene rings is 3. The highest BCUT2D eigenvalue weighted by Crippen LogP contribution is 2.36. The summed E-state index contributed by atoms with van der Waals surface area (Å²) in [4.78, 5) is 27.3. The maximum atomic E-state index is 14.3. The van der Waals surface area contributed by atoms with Crippen LogP contribution in [0.2, 0.25) is 0 Å². The summed E-state index contributed by atoms with van der Waals surface area (Å²) in [5.41, 5.74) is 3.15. The molecule has 8 heteroatoms. The Morgan fingerprint density at radius 1 is 0.912 bits per heavy atom. The number of rotatable bonds is 5. The van der Waals surface area contributed by atoms with Gasteiger partial charge in [-0.15, -0.1) is 0 Å². The van der Waals surface area contributed by atoms with Crippen molar-refractivity contribution >= 4 is 71.7 Å². The van der Waals surface area contributed by atoms with Crippen LogP contribution in [0.1, 0.15) is 16.7 Å². The largest absolute Gasteiger partial charge is 0.342 e. The Hall–Kier alpha value is -2.68. The number of thioether (sulfide) groups is 1. The maximum Gasteiger partial charge on any atom is 0.293 e. The van der Waals surface area contributed by atoms with Gasteiger partial charge in [-0.2, -0.15) is 0 Å². The SMILES string of the molecule is O=C1S/C(=C\c2cn(Cc3ccccc3F)c3ccc(Br)cc23)C(=O)N1Cc1ccc(Br)cc1. The number of aromatic nitrogens is 1. The number of imide groups is 1. The smallest absolute Gasteiger partial charge is 0.293 e. The predicted molar refractivity (Wildman–Crippen MR) is 141 cm³/mol. The quantitative estimate of drug-likeness (QED) is 0.222. The van der Waals surface area contributed by atoms with Crippen LogP contribution in [0.3, 0.4) is 0 Å². The first-order valence-electron chi connectivity index (χ1n) is 10.4. The lowest BCUT2D eigenvalue weighted by molar-refractivity contribution is -0.123. The Bertz CT molecular complexity index is 1460. The van der Waals surface area contributed by atoms with Crippen molar-refractivity contribution in [1.29, 1.82) is 0 Å². The molecule has 1 aromatic heterocycles. The average Bonchev–Trinajstić information content (AvgIpc) is 3.28. The topological polar surface area (TPSA) is 42.3 Å². The van der Waals surface area contributed by atoms with E-state index in [0.717, 1.165) is 42.7 Å². The fourth-order valence-electron chi connectivity index (χ4n) is 3.90. The number of carbonyl (C=O) groups is 2. The lowest BCUT2D eigenvalue weighted by Crippen LogP contribution is -2.27. The van der Waals surface area contributed by atoms with Crippen LogP contribution in [0.25, 0.3) is 17.0 Å².